The Morgan fingerprint density at radius 1 is 1.31 bits per heavy atom. The highest BCUT2D eigenvalue weighted by molar-refractivity contribution is 6.59. The second-order valence-electron chi connectivity index (χ2n) is 2.79. The van der Waals surface area contributed by atoms with Crippen LogP contribution in [0.3, 0.4) is 0 Å². The SMILES string of the molecule is Cc1cc(C(F)F)ccc1B(O)O. The van der Waals surface area contributed by atoms with Crippen LogP contribution in [0.15, 0.2) is 18.2 Å². The maximum absolute atomic E-state index is 12.2. The number of benzene rings is 1. The molecule has 0 unspecified atom stereocenters. The molecule has 0 spiro atoms. The molecule has 0 bridgehead atoms. The molecule has 1 rings (SSSR count). The van der Waals surface area contributed by atoms with Gasteiger partial charge in [0, 0.05) is 5.56 Å². The molecule has 0 saturated heterocycles. The monoisotopic (exact) mass is 186 g/mol. The van der Waals surface area contributed by atoms with E-state index in [1.807, 2.05) is 0 Å². The van der Waals surface area contributed by atoms with Crippen LogP contribution in [0, 0.1) is 6.92 Å². The van der Waals surface area contributed by atoms with E-state index in [1.165, 1.54) is 18.2 Å². The van der Waals surface area contributed by atoms with E-state index in [2.05, 4.69) is 0 Å². The van der Waals surface area contributed by atoms with E-state index in [4.69, 9.17) is 10.0 Å². The molecule has 0 fully saturated rings. The zero-order valence-corrected chi connectivity index (χ0v) is 7.04. The van der Waals surface area contributed by atoms with Gasteiger partial charge < -0.3 is 10.0 Å². The predicted octanol–water partition coefficient (Wildman–Crippen LogP) is 0.612. The summed E-state index contributed by atoms with van der Waals surface area (Å²) in [6.07, 6.45) is -2.52. The fourth-order valence-corrected chi connectivity index (χ4v) is 1.12. The lowest BCUT2D eigenvalue weighted by Gasteiger charge is -2.06. The second kappa shape index (κ2) is 3.85. The van der Waals surface area contributed by atoms with Crippen molar-refractivity contribution >= 4 is 12.6 Å². The van der Waals surface area contributed by atoms with Gasteiger partial charge in [-0.05, 0) is 12.4 Å². The lowest BCUT2D eigenvalue weighted by atomic mass is 9.77. The molecule has 0 atom stereocenters. The zero-order valence-electron chi connectivity index (χ0n) is 7.04. The molecular weight excluding hydrogens is 177 g/mol. The Balaban J connectivity index is 3.06. The predicted molar refractivity (Wildman–Crippen MR) is 46.0 cm³/mol. The summed E-state index contributed by atoms with van der Waals surface area (Å²) in [5, 5.41) is 17.6. The summed E-state index contributed by atoms with van der Waals surface area (Å²) in [7, 11) is -1.60. The summed E-state index contributed by atoms with van der Waals surface area (Å²) >= 11 is 0. The van der Waals surface area contributed by atoms with Gasteiger partial charge in [0.05, 0.1) is 0 Å². The van der Waals surface area contributed by atoms with E-state index in [0.29, 0.717) is 5.56 Å². The molecule has 0 amide bonds. The van der Waals surface area contributed by atoms with Crippen molar-refractivity contribution in [3.8, 4) is 0 Å². The summed E-state index contributed by atoms with van der Waals surface area (Å²) in [4.78, 5) is 0. The molecule has 2 nitrogen and oxygen atoms in total. The quantitative estimate of drug-likeness (QED) is 0.664. The largest absolute Gasteiger partial charge is 0.488 e. The minimum absolute atomic E-state index is 0.109. The van der Waals surface area contributed by atoms with E-state index in [1.54, 1.807) is 6.92 Å². The van der Waals surface area contributed by atoms with E-state index in [0.717, 1.165) is 0 Å². The second-order valence-corrected chi connectivity index (χ2v) is 2.79. The lowest BCUT2D eigenvalue weighted by molar-refractivity contribution is 0.151. The molecule has 1 aromatic carbocycles. The summed E-state index contributed by atoms with van der Waals surface area (Å²) < 4.78 is 24.3. The van der Waals surface area contributed by atoms with Crippen LogP contribution in [0.4, 0.5) is 8.78 Å². The highest BCUT2D eigenvalue weighted by Gasteiger charge is 2.15. The van der Waals surface area contributed by atoms with Gasteiger partial charge in [-0.15, -0.1) is 0 Å². The Labute approximate surface area is 75.0 Å². The van der Waals surface area contributed by atoms with E-state index < -0.39 is 13.5 Å². The molecule has 5 heteroatoms. The van der Waals surface area contributed by atoms with Gasteiger partial charge in [-0.3, -0.25) is 0 Å². The number of alkyl halides is 2. The first-order valence-electron chi connectivity index (χ1n) is 3.77. The van der Waals surface area contributed by atoms with Crippen molar-refractivity contribution in [1.29, 1.82) is 0 Å². The summed E-state index contributed by atoms with van der Waals surface area (Å²) in [5.41, 5.74) is 0.596. The van der Waals surface area contributed by atoms with Crippen LogP contribution in [0.1, 0.15) is 17.6 Å². The van der Waals surface area contributed by atoms with Crippen molar-refractivity contribution in [2.24, 2.45) is 0 Å². The van der Waals surface area contributed by atoms with Gasteiger partial charge in [0.1, 0.15) is 0 Å². The molecule has 13 heavy (non-hydrogen) atoms. The normalized spacial score (nSPS) is 10.6. The third-order valence-corrected chi connectivity index (χ3v) is 1.82. The van der Waals surface area contributed by atoms with Gasteiger partial charge in [-0.1, -0.05) is 23.8 Å². The summed E-state index contributed by atoms with van der Waals surface area (Å²) in [6.45, 7) is 1.56. The van der Waals surface area contributed by atoms with E-state index in [-0.39, 0.29) is 11.0 Å². The van der Waals surface area contributed by atoms with Gasteiger partial charge in [-0.25, -0.2) is 8.78 Å². The molecule has 0 heterocycles. The first-order valence-corrected chi connectivity index (χ1v) is 3.77. The average Bonchev–Trinajstić information content (AvgIpc) is 2.03. The molecule has 1 aromatic rings. The van der Waals surface area contributed by atoms with Crippen molar-refractivity contribution in [2.45, 2.75) is 13.3 Å². The highest BCUT2D eigenvalue weighted by atomic mass is 19.3. The number of hydrogen-bond acceptors (Lipinski definition) is 2. The van der Waals surface area contributed by atoms with Crippen molar-refractivity contribution in [3.05, 3.63) is 29.3 Å². The molecule has 0 radical (unpaired) electrons. The number of aryl methyl sites for hydroxylation is 1. The third-order valence-electron chi connectivity index (χ3n) is 1.82. The van der Waals surface area contributed by atoms with Crippen molar-refractivity contribution < 1.29 is 18.8 Å². The Hall–Kier alpha value is -0.935. The van der Waals surface area contributed by atoms with E-state index >= 15 is 0 Å². The fourth-order valence-electron chi connectivity index (χ4n) is 1.12. The first kappa shape index (κ1) is 10.1. The molecule has 0 saturated carbocycles. The maximum atomic E-state index is 12.2. The standard InChI is InChI=1S/C8H9BF2O2/c1-5-4-6(8(10)11)2-3-7(5)9(12)13/h2-4,8,12-13H,1H3. The Morgan fingerprint density at radius 3 is 2.31 bits per heavy atom. The number of rotatable bonds is 2. The minimum atomic E-state index is -2.52. The lowest BCUT2D eigenvalue weighted by Crippen LogP contribution is -2.32. The minimum Gasteiger partial charge on any atom is -0.423 e. The third kappa shape index (κ3) is 2.26. The molecule has 70 valence electrons. The summed E-state index contributed by atoms with van der Waals surface area (Å²) in [5.74, 6) is 0. The van der Waals surface area contributed by atoms with Crippen LogP contribution in [0.2, 0.25) is 0 Å². The van der Waals surface area contributed by atoms with Crippen LogP contribution in [0.5, 0.6) is 0 Å². The Kier molecular flexibility index (Phi) is 3.00. The molecule has 0 aromatic heterocycles. The van der Waals surface area contributed by atoms with Crippen molar-refractivity contribution in [3.63, 3.8) is 0 Å². The van der Waals surface area contributed by atoms with Crippen molar-refractivity contribution in [2.75, 3.05) is 0 Å². The average molecular weight is 186 g/mol. The van der Waals surface area contributed by atoms with Crippen LogP contribution in [-0.4, -0.2) is 17.2 Å². The maximum Gasteiger partial charge on any atom is 0.488 e. The van der Waals surface area contributed by atoms with E-state index in [9.17, 15) is 8.78 Å². The topological polar surface area (TPSA) is 40.5 Å². The Morgan fingerprint density at radius 2 is 1.92 bits per heavy atom. The van der Waals surface area contributed by atoms with Crippen LogP contribution >= 0.6 is 0 Å². The molecule has 2 N–H and O–H groups in total. The van der Waals surface area contributed by atoms with Crippen LogP contribution in [0.25, 0.3) is 0 Å². The van der Waals surface area contributed by atoms with Gasteiger partial charge in [0.2, 0.25) is 0 Å². The fraction of sp³-hybridized carbons (Fsp3) is 0.250. The highest BCUT2D eigenvalue weighted by Crippen LogP contribution is 2.18. The van der Waals surface area contributed by atoms with Crippen LogP contribution in [-0.2, 0) is 0 Å². The molecule has 0 aliphatic rings. The summed E-state index contributed by atoms with van der Waals surface area (Å²) in [6, 6.07) is 3.73. The van der Waals surface area contributed by atoms with Gasteiger partial charge in [0.25, 0.3) is 6.43 Å². The Bertz CT molecular complexity index is 302. The molecular formula is C8H9BF2O2. The molecule has 0 aliphatic carbocycles. The van der Waals surface area contributed by atoms with Crippen LogP contribution < -0.4 is 5.46 Å². The van der Waals surface area contributed by atoms with Gasteiger partial charge >= 0.3 is 7.12 Å². The van der Waals surface area contributed by atoms with Gasteiger partial charge in [-0.2, -0.15) is 0 Å². The zero-order chi connectivity index (χ0) is 10.0. The number of halogens is 2. The van der Waals surface area contributed by atoms with Crippen molar-refractivity contribution in [1.82, 2.24) is 0 Å². The molecule has 0 aliphatic heterocycles. The number of hydrogen-bond donors (Lipinski definition) is 2. The van der Waals surface area contributed by atoms with Gasteiger partial charge in [0.15, 0.2) is 0 Å². The smallest absolute Gasteiger partial charge is 0.423 e. The first-order chi connectivity index (χ1) is 6.02.